The summed E-state index contributed by atoms with van der Waals surface area (Å²) in [5.74, 6) is -1.54. The van der Waals surface area contributed by atoms with Crippen molar-refractivity contribution >= 4 is 0 Å². The number of halogens is 2. The summed E-state index contributed by atoms with van der Waals surface area (Å²) in [7, 11) is 1.81. The lowest BCUT2D eigenvalue weighted by Gasteiger charge is -2.16. The smallest absolute Gasteiger partial charge is 0.162 e. The van der Waals surface area contributed by atoms with Crippen LogP contribution in [0.1, 0.15) is 18.9 Å². The van der Waals surface area contributed by atoms with E-state index in [1.807, 2.05) is 14.0 Å². The lowest BCUT2D eigenvalue weighted by molar-refractivity contribution is 0.137. The molecule has 1 unspecified atom stereocenters. The fraction of sp³-hybridized carbons (Fsp3) is 0.538. The molecule has 1 rings (SSSR count). The summed E-state index contributed by atoms with van der Waals surface area (Å²) < 4.78 is 31.7. The van der Waals surface area contributed by atoms with Crippen molar-refractivity contribution in [3.63, 3.8) is 0 Å². The van der Waals surface area contributed by atoms with Crippen LogP contribution in [0.3, 0.4) is 0 Å². The van der Waals surface area contributed by atoms with Gasteiger partial charge in [0.15, 0.2) is 11.6 Å². The van der Waals surface area contributed by atoms with E-state index in [-0.39, 0.29) is 6.04 Å². The minimum absolute atomic E-state index is 0.0952. The Morgan fingerprint density at radius 2 is 2.12 bits per heavy atom. The predicted octanol–water partition coefficient (Wildman–Crippen LogP) is 2.52. The second-order valence-electron chi connectivity index (χ2n) is 3.89. The zero-order valence-corrected chi connectivity index (χ0v) is 10.3. The zero-order valence-electron chi connectivity index (χ0n) is 10.3. The number of likely N-dealkylation sites (N-methyl/N-ethyl adjacent to an activating group) is 1. The van der Waals surface area contributed by atoms with Gasteiger partial charge in [0.05, 0.1) is 0 Å². The van der Waals surface area contributed by atoms with Crippen LogP contribution in [0.4, 0.5) is 8.78 Å². The van der Waals surface area contributed by atoms with Crippen molar-refractivity contribution in [2.45, 2.75) is 25.8 Å². The summed E-state index contributed by atoms with van der Waals surface area (Å²) in [5, 5.41) is 3.09. The van der Waals surface area contributed by atoms with Gasteiger partial charge in [-0.3, -0.25) is 0 Å². The first kappa shape index (κ1) is 14.1. The van der Waals surface area contributed by atoms with Crippen molar-refractivity contribution in [1.82, 2.24) is 5.32 Å². The van der Waals surface area contributed by atoms with Crippen LogP contribution in [0.5, 0.6) is 0 Å². The van der Waals surface area contributed by atoms with E-state index in [0.29, 0.717) is 25.2 Å². The largest absolute Gasteiger partial charge is 0.382 e. The van der Waals surface area contributed by atoms with Crippen LogP contribution >= 0.6 is 0 Å². The van der Waals surface area contributed by atoms with E-state index in [1.54, 1.807) is 6.07 Å². The maximum absolute atomic E-state index is 13.5. The van der Waals surface area contributed by atoms with Crippen LogP contribution < -0.4 is 5.32 Å². The second-order valence-corrected chi connectivity index (χ2v) is 3.89. The lowest BCUT2D eigenvalue weighted by Crippen LogP contribution is -2.29. The Kier molecular flexibility index (Phi) is 6.08. The molecule has 0 aliphatic rings. The molecule has 0 spiro atoms. The maximum Gasteiger partial charge on any atom is 0.162 e. The monoisotopic (exact) mass is 243 g/mol. The average Bonchev–Trinajstić information content (AvgIpc) is 2.33. The van der Waals surface area contributed by atoms with Gasteiger partial charge in [0.2, 0.25) is 0 Å². The van der Waals surface area contributed by atoms with Gasteiger partial charge >= 0.3 is 0 Å². The SMILES string of the molecule is CCOCCC(Cc1cccc(F)c1F)NC. The number of hydrogen-bond acceptors (Lipinski definition) is 2. The van der Waals surface area contributed by atoms with Gasteiger partial charge in [-0.1, -0.05) is 12.1 Å². The second kappa shape index (κ2) is 7.35. The molecule has 0 heterocycles. The third kappa shape index (κ3) is 4.40. The van der Waals surface area contributed by atoms with Crippen molar-refractivity contribution in [3.05, 3.63) is 35.4 Å². The molecule has 1 aromatic rings. The fourth-order valence-electron chi connectivity index (χ4n) is 1.69. The molecule has 0 aromatic heterocycles. The molecule has 1 atom stereocenters. The summed E-state index contributed by atoms with van der Waals surface area (Å²) in [6.07, 6.45) is 1.24. The van der Waals surface area contributed by atoms with Crippen molar-refractivity contribution in [3.8, 4) is 0 Å². The first-order valence-corrected chi connectivity index (χ1v) is 5.87. The molecule has 0 aliphatic carbocycles. The third-order valence-corrected chi connectivity index (χ3v) is 2.72. The number of rotatable bonds is 7. The average molecular weight is 243 g/mol. The summed E-state index contributed by atoms with van der Waals surface area (Å²) in [6, 6.07) is 4.37. The highest BCUT2D eigenvalue weighted by molar-refractivity contribution is 5.20. The fourth-order valence-corrected chi connectivity index (χ4v) is 1.69. The van der Waals surface area contributed by atoms with Crippen LogP contribution in [-0.4, -0.2) is 26.3 Å². The molecular formula is C13H19F2NO. The molecule has 1 aromatic carbocycles. The highest BCUT2D eigenvalue weighted by Gasteiger charge is 2.13. The number of nitrogens with one attached hydrogen (secondary N) is 1. The molecule has 2 nitrogen and oxygen atoms in total. The number of ether oxygens (including phenoxy) is 1. The Morgan fingerprint density at radius 3 is 2.76 bits per heavy atom. The third-order valence-electron chi connectivity index (χ3n) is 2.72. The number of hydrogen-bond donors (Lipinski definition) is 1. The highest BCUT2D eigenvalue weighted by Crippen LogP contribution is 2.14. The highest BCUT2D eigenvalue weighted by atomic mass is 19.2. The van der Waals surface area contributed by atoms with Crippen LogP contribution in [0, 0.1) is 11.6 Å². The molecule has 0 amide bonds. The van der Waals surface area contributed by atoms with Crippen LogP contribution in [0.25, 0.3) is 0 Å². The molecule has 17 heavy (non-hydrogen) atoms. The van der Waals surface area contributed by atoms with Gasteiger partial charge in [0, 0.05) is 19.3 Å². The van der Waals surface area contributed by atoms with E-state index in [4.69, 9.17) is 4.74 Å². The van der Waals surface area contributed by atoms with Crippen molar-refractivity contribution in [1.29, 1.82) is 0 Å². The lowest BCUT2D eigenvalue weighted by atomic mass is 10.0. The topological polar surface area (TPSA) is 21.3 Å². The molecule has 0 saturated heterocycles. The Bertz CT molecular complexity index is 344. The standard InChI is InChI=1S/C13H19F2NO/c1-3-17-8-7-11(16-2)9-10-5-4-6-12(14)13(10)15/h4-6,11,16H,3,7-9H2,1-2H3. The Balaban J connectivity index is 2.57. The van der Waals surface area contributed by atoms with E-state index >= 15 is 0 Å². The Morgan fingerprint density at radius 1 is 1.35 bits per heavy atom. The van der Waals surface area contributed by atoms with E-state index in [1.165, 1.54) is 6.07 Å². The van der Waals surface area contributed by atoms with Gasteiger partial charge in [0.25, 0.3) is 0 Å². The van der Waals surface area contributed by atoms with Crippen molar-refractivity contribution < 1.29 is 13.5 Å². The normalized spacial score (nSPS) is 12.7. The van der Waals surface area contributed by atoms with Gasteiger partial charge in [0.1, 0.15) is 0 Å². The first-order chi connectivity index (χ1) is 8.19. The maximum atomic E-state index is 13.5. The predicted molar refractivity (Wildman–Crippen MR) is 64.0 cm³/mol. The minimum atomic E-state index is -0.790. The molecule has 0 radical (unpaired) electrons. The van der Waals surface area contributed by atoms with Gasteiger partial charge < -0.3 is 10.1 Å². The zero-order chi connectivity index (χ0) is 12.7. The number of benzene rings is 1. The summed E-state index contributed by atoms with van der Waals surface area (Å²) in [6.45, 7) is 3.23. The quantitative estimate of drug-likeness (QED) is 0.743. The molecular weight excluding hydrogens is 224 g/mol. The summed E-state index contributed by atoms with van der Waals surface area (Å²) in [4.78, 5) is 0. The van der Waals surface area contributed by atoms with Gasteiger partial charge in [-0.2, -0.15) is 0 Å². The van der Waals surface area contributed by atoms with E-state index < -0.39 is 11.6 Å². The molecule has 0 fully saturated rings. The summed E-state index contributed by atoms with van der Waals surface area (Å²) in [5.41, 5.74) is 0.404. The molecule has 0 bridgehead atoms. The molecule has 0 aliphatic heterocycles. The Hall–Kier alpha value is -1.00. The van der Waals surface area contributed by atoms with Gasteiger partial charge in [-0.15, -0.1) is 0 Å². The molecule has 0 saturated carbocycles. The molecule has 96 valence electrons. The van der Waals surface area contributed by atoms with E-state index in [2.05, 4.69) is 5.32 Å². The van der Waals surface area contributed by atoms with Gasteiger partial charge in [-0.25, -0.2) is 8.78 Å². The molecule has 1 N–H and O–H groups in total. The van der Waals surface area contributed by atoms with Crippen molar-refractivity contribution in [2.24, 2.45) is 0 Å². The van der Waals surface area contributed by atoms with E-state index in [9.17, 15) is 8.78 Å². The van der Waals surface area contributed by atoms with Crippen LogP contribution in [0.15, 0.2) is 18.2 Å². The van der Waals surface area contributed by atoms with Crippen molar-refractivity contribution in [2.75, 3.05) is 20.3 Å². The van der Waals surface area contributed by atoms with Gasteiger partial charge in [-0.05, 0) is 38.4 Å². The minimum Gasteiger partial charge on any atom is -0.382 e. The first-order valence-electron chi connectivity index (χ1n) is 5.87. The Labute approximate surface area is 101 Å². The molecule has 4 heteroatoms. The van der Waals surface area contributed by atoms with Crippen LogP contribution in [0.2, 0.25) is 0 Å². The van der Waals surface area contributed by atoms with Crippen LogP contribution in [-0.2, 0) is 11.2 Å². The van der Waals surface area contributed by atoms with E-state index in [0.717, 1.165) is 12.5 Å². The summed E-state index contributed by atoms with van der Waals surface area (Å²) >= 11 is 0.